The van der Waals surface area contributed by atoms with Gasteiger partial charge < -0.3 is 15.7 Å². The zero-order chi connectivity index (χ0) is 12.7. The van der Waals surface area contributed by atoms with E-state index >= 15 is 0 Å². The maximum absolute atomic E-state index is 11.6. The van der Waals surface area contributed by atoms with Crippen molar-refractivity contribution in [3.05, 3.63) is 0 Å². The fourth-order valence-electron chi connectivity index (χ4n) is 2.19. The fraction of sp³-hybridized carbons (Fsp3) is 0.923. The van der Waals surface area contributed by atoms with Crippen LogP contribution < -0.4 is 10.6 Å². The van der Waals surface area contributed by atoms with E-state index in [1.807, 2.05) is 13.8 Å². The Morgan fingerprint density at radius 3 is 2.41 bits per heavy atom. The maximum Gasteiger partial charge on any atom is 0.234 e. The van der Waals surface area contributed by atoms with Crippen LogP contribution >= 0.6 is 0 Å². The van der Waals surface area contributed by atoms with Crippen molar-refractivity contribution in [1.82, 2.24) is 10.6 Å². The van der Waals surface area contributed by atoms with Crippen molar-refractivity contribution >= 4 is 5.91 Å². The Morgan fingerprint density at radius 2 is 1.88 bits per heavy atom. The van der Waals surface area contributed by atoms with Gasteiger partial charge in [0.25, 0.3) is 0 Å². The van der Waals surface area contributed by atoms with E-state index in [9.17, 15) is 9.90 Å². The van der Waals surface area contributed by atoms with Crippen LogP contribution in [0.1, 0.15) is 52.4 Å². The molecule has 100 valence electrons. The van der Waals surface area contributed by atoms with E-state index in [2.05, 4.69) is 10.6 Å². The molecule has 1 rings (SSSR count). The van der Waals surface area contributed by atoms with Gasteiger partial charge in [-0.2, -0.15) is 0 Å². The van der Waals surface area contributed by atoms with E-state index in [0.717, 1.165) is 0 Å². The second-order valence-electron chi connectivity index (χ2n) is 5.07. The fourth-order valence-corrected chi connectivity index (χ4v) is 2.19. The van der Waals surface area contributed by atoms with Crippen molar-refractivity contribution in [2.24, 2.45) is 0 Å². The predicted molar refractivity (Wildman–Crippen MR) is 68.8 cm³/mol. The number of amides is 1. The monoisotopic (exact) mass is 242 g/mol. The molecule has 0 heterocycles. The summed E-state index contributed by atoms with van der Waals surface area (Å²) in [5.74, 6) is -0.0165. The molecule has 4 nitrogen and oxygen atoms in total. The summed E-state index contributed by atoms with van der Waals surface area (Å²) >= 11 is 0. The topological polar surface area (TPSA) is 61.4 Å². The van der Waals surface area contributed by atoms with Crippen molar-refractivity contribution in [3.8, 4) is 0 Å². The standard InChI is InChI=1S/C13H26N2O2/c1-3-13(17,4-2)10-15-12(16)9-14-11-7-5-6-8-11/h11,14,17H,3-10H2,1-2H3,(H,15,16). The summed E-state index contributed by atoms with van der Waals surface area (Å²) in [6.07, 6.45) is 6.23. The Bertz CT molecular complexity index is 234. The van der Waals surface area contributed by atoms with Gasteiger partial charge >= 0.3 is 0 Å². The van der Waals surface area contributed by atoms with Crippen molar-refractivity contribution in [2.75, 3.05) is 13.1 Å². The van der Waals surface area contributed by atoms with Crippen LogP contribution in [-0.2, 0) is 4.79 Å². The number of carbonyl (C=O) groups is 1. The van der Waals surface area contributed by atoms with Crippen molar-refractivity contribution in [2.45, 2.75) is 64.0 Å². The van der Waals surface area contributed by atoms with E-state index in [-0.39, 0.29) is 5.91 Å². The largest absolute Gasteiger partial charge is 0.388 e. The van der Waals surface area contributed by atoms with E-state index in [0.29, 0.717) is 32.0 Å². The van der Waals surface area contributed by atoms with Gasteiger partial charge in [-0.1, -0.05) is 26.7 Å². The molecular formula is C13H26N2O2. The van der Waals surface area contributed by atoms with E-state index in [4.69, 9.17) is 0 Å². The lowest BCUT2D eigenvalue weighted by atomic mass is 9.98. The first kappa shape index (κ1) is 14.5. The average Bonchev–Trinajstić information content (AvgIpc) is 2.86. The maximum atomic E-state index is 11.6. The van der Waals surface area contributed by atoms with Gasteiger partial charge in [-0.3, -0.25) is 4.79 Å². The first-order valence-electron chi connectivity index (χ1n) is 6.82. The van der Waals surface area contributed by atoms with Crippen LogP contribution in [0.5, 0.6) is 0 Å². The highest BCUT2D eigenvalue weighted by molar-refractivity contribution is 5.78. The second-order valence-corrected chi connectivity index (χ2v) is 5.07. The van der Waals surface area contributed by atoms with Crippen molar-refractivity contribution in [3.63, 3.8) is 0 Å². The number of nitrogens with one attached hydrogen (secondary N) is 2. The Morgan fingerprint density at radius 1 is 1.29 bits per heavy atom. The highest BCUT2D eigenvalue weighted by Gasteiger charge is 2.23. The Hall–Kier alpha value is -0.610. The summed E-state index contributed by atoms with van der Waals surface area (Å²) in [6.45, 7) is 4.60. The molecule has 0 atom stereocenters. The van der Waals surface area contributed by atoms with Gasteiger partial charge in [-0.15, -0.1) is 0 Å². The third-order valence-corrected chi connectivity index (χ3v) is 3.84. The minimum Gasteiger partial charge on any atom is -0.388 e. The second kappa shape index (κ2) is 6.97. The molecule has 1 aliphatic carbocycles. The molecule has 0 aromatic carbocycles. The lowest BCUT2D eigenvalue weighted by molar-refractivity contribution is -0.121. The first-order chi connectivity index (χ1) is 8.09. The lowest BCUT2D eigenvalue weighted by Crippen LogP contribution is -2.45. The molecule has 1 aliphatic rings. The SMILES string of the molecule is CCC(O)(CC)CNC(=O)CNC1CCCC1. The van der Waals surface area contributed by atoms with Crippen LogP contribution in [0.15, 0.2) is 0 Å². The molecule has 1 fully saturated rings. The molecule has 0 aromatic rings. The van der Waals surface area contributed by atoms with Gasteiger partial charge in [-0.25, -0.2) is 0 Å². The minimum atomic E-state index is -0.747. The molecule has 0 unspecified atom stereocenters. The molecule has 3 N–H and O–H groups in total. The normalized spacial score (nSPS) is 17.4. The summed E-state index contributed by atoms with van der Waals surface area (Å²) in [4.78, 5) is 11.6. The average molecular weight is 242 g/mol. The lowest BCUT2D eigenvalue weighted by Gasteiger charge is -2.25. The zero-order valence-corrected chi connectivity index (χ0v) is 11.1. The first-order valence-corrected chi connectivity index (χ1v) is 6.82. The summed E-state index contributed by atoms with van der Waals surface area (Å²) in [6, 6.07) is 0.511. The van der Waals surface area contributed by atoms with Gasteiger partial charge in [-0.05, 0) is 25.7 Å². The van der Waals surface area contributed by atoms with Crippen LogP contribution in [0, 0.1) is 0 Å². The van der Waals surface area contributed by atoms with Gasteiger partial charge in [0.2, 0.25) is 5.91 Å². The number of rotatable bonds is 7. The third-order valence-electron chi connectivity index (χ3n) is 3.84. The predicted octanol–water partition coefficient (Wildman–Crippen LogP) is 1.19. The van der Waals surface area contributed by atoms with Crippen molar-refractivity contribution in [1.29, 1.82) is 0 Å². The number of hydrogen-bond donors (Lipinski definition) is 3. The van der Waals surface area contributed by atoms with Crippen LogP contribution in [-0.4, -0.2) is 35.7 Å². The molecule has 0 bridgehead atoms. The summed E-state index contributed by atoms with van der Waals surface area (Å²) in [5, 5.41) is 16.1. The molecule has 1 amide bonds. The highest BCUT2D eigenvalue weighted by atomic mass is 16.3. The van der Waals surface area contributed by atoms with Crippen LogP contribution in [0.3, 0.4) is 0 Å². The molecule has 0 spiro atoms. The van der Waals surface area contributed by atoms with Gasteiger partial charge in [0.05, 0.1) is 12.1 Å². The summed E-state index contributed by atoms with van der Waals surface area (Å²) in [7, 11) is 0. The number of carbonyl (C=O) groups excluding carboxylic acids is 1. The molecule has 1 saturated carbocycles. The molecule has 0 saturated heterocycles. The summed E-state index contributed by atoms with van der Waals surface area (Å²) in [5.41, 5.74) is -0.747. The van der Waals surface area contributed by atoms with Gasteiger partial charge in [0.1, 0.15) is 0 Å². The van der Waals surface area contributed by atoms with Crippen LogP contribution in [0.2, 0.25) is 0 Å². The zero-order valence-electron chi connectivity index (χ0n) is 11.1. The molecule has 0 radical (unpaired) electrons. The van der Waals surface area contributed by atoms with E-state index in [1.54, 1.807) is 0 Å². The quantitative estimate of drug-likeness (QED) is 0.628. The van der Waals surface area contributed by atoms with Gasteiger partial charge in [0, 0.05) is 12.6 Å². The van der Waals surface area contributed by atoms with Crippen LogP contribution in [0.25, 0.3) is 0 Å². The van der Waals surface area contributed by atoms with Crippen LogP contribution in [0.4, 0.5) is 0 Å². The summed E-state index contributed by atoms with van der Waals surface area (Å²) < 4.78 is 0. The highest BCUT2D eigenvalue weighted by Crippen LogP contribution is 2.17. The Kier molecular flexibility index (Phi) is 5.92. The third kappa shape index (κ3) is 5.04. The van der Waals surface area contributed by atoms with Gasteiger partial charge in [0.15, 0.2) is 0 Å². The Labute approximate surface area is 104 Å². The van der Waals surface area contributed by atoms with Crippen molar-refractivity contribution < 1.29 is 9.90 Å². The minimum absolute atomic E-state index is 0.0165. The molecule has 0 aliphatic heterocycles. The number of hydrogen-bond acceptors (Lipinski definition) is 3. The molecule has 0 aromatic heterocycles. The van der Waals surface area contributed by atoms with E-state index in [1.165, 1.54) is 25.7 Å². The van der Waals surface area contributed by atoms with E-state index < -0.39 is 5.60 Å². The molecular weight excluding hydrogens is 216 g/mol. The number of aliphatic hydroxyl groups is 1. The molecule has 4 heteroatoms. The smallest absolute Gasteiger partial charge is 0.234 e. The molecule has 17 heavy (non-hydrogen) atoms. The Balaban J connectivity index is 2.16.